The Morgan fingerprint density at radius 1 is 1.26 bits per heavy atom. The number of sulfone groups is 1. The second kappa shape index (κ2) is 5.87. The molecule has 0 saturated carbocycles. The summed E-state index contributed by atoms with van der Waals surface area (Å²) in [6.07, 6.45) is 3.13. The van der Waals surface area contributed by atoms with Crippen molar-refractivity contribution >= 4 is 15.6 Å². The average Bonchev–Trinajstić information content (AvgIpc) is 2.57. The molecule has 1 aliphatic rings. The maximum absolute atomic E-state index is 12.4. The van der Waals surface area contributed by atoms with Gasteiger partial charge in [0.2, 0.25) is 0 Å². The fraction of sp³-hybridized carbons (Fsp3) is 0.533. The van der Waals surface area contributed by atoms with Crippen molar-refractivity contribution in [3.63, 3.8) is 0 Å². The van der Waals surface area contributed by atoms with Crippen LogP contribution in [0.15, 0.2) is 24.3 Å². The fourth-order valence-electron chi connectivity index (χ4n) is 2.61. The molecule has 1 aliphatic carbocycles. The lowest BCUT2D eigenvalue weighted by Crippen LogP contribution is -2.19. The van der Waals surface area contributed by atoms with Crippen LogP contribution in [0.5, 0.6) is 0 Å². The molecule has 1 unspecified atom stereocenters. The van der Waals surface area contributed by atoms with E-state index in [4.69, 9.17) is 0 Å². The number of hydrogen-bond acceptors (Lipinski definition) is 3. The molecule has 0 radical (unpaired) electrons. The van der Waals surface area contributed by atoms with Crippen molar-refractivity contribution in [2.75, 3.05) is 11.5 Å². The number of Topliss-reactive ketones (excluding diaryl/α,β-unsaturated/α-hetero) is 1. The number of benzene rings is 1. The average molecular weight is 280 g/mol. The van der Waals surface area contributed by atoms with Crippen LogP contribution in [0.1, 0.15) is 42.1 Å². The first-order valence-corrected chi connectivity index (χ1v) is 8.68. The Labute approximate surface area is 114 Å². The van der Waals surface area contributed by atoms with Gasteiger partial charge >= 0.3 is 0 Å². The predicted molar refractivity (Wildman–Crippen MR) is 76.1 cm³/mol. The van der Waals surface area contributed by atoms with Crippen molar-refractivity contribution < 1.29 is 13.2 Å². The molecule has 3 nitrogen and oxygen atoms in total. The smallest absolute Gasteiger partial charge is 0.166 e. The van der Waals surface area contributed by atoms with Gasteiger partial charge in [-0.25, -0.2) is 8.42 Å². The molecule has 1 aromatic rings. The van der Waals surface area contributed by atoms with Crippen LogP contribution in [0.3, 0.4) is 0 Å². The zero-order chi connectivity index (χ0) is 13.9. The highest BCUT2D eigenvalue weighted by atomic mass is 32.2. The van der Waals surface area contributed by atoms with Crippen molar-refractivity contribution in [1.82, 2.24) is 0 Å². The molecule has 19 heavy (non-hydrogen) atoms. The van der Waals surface area contributed by atoms with E-state index in [0.717, 1.165) is 30.4 Å². The third-order valence-electron chi connectivity index (χ3n) is 3.87. The van der Waals surface area contributed by atoms with E-state index in [9.17, 15) is 13.2 Å². The summed E-state index contributed by atoms with van der Waals surface area (Å²) in [4.78, 5) is 12.4. The second-order valence-electron chi connectivity index (χ2n) is 5.14. The lowest BCUT2D eigenvalue weighted by atomic mass is 9.93. The molecule has 0 aliphatic heterocycles. The molecule has 1 atom stereocenters. The third-order valence-corrected chi connectivity index (χ3v) is 5.61. The fourth-order valence-corrected chi connectivity index (χ4v) is 3.54. The predicted octanol–water partition coefficient (Wildman–Crippen LogP) is 2.65. The minimum absolute atomic E-state index is 0.124. The summed E-state index contributed by atoms with van der Waals surface area (Å²) < 4.78 is 23.1. The van der Waals surface area contributed by atoms with Gasteiger partial charge in [-0.3, -0.25) is 4.79 Å². The molecule has 0 amide bonds. The number of carbonyl (C=O) groups is 1. The molecule has 104 valence electrons. The molecular formula is C15H20O3S. The summed E-state index contributed by atoms with van der Waals surface area (Å²) in [7, 11) is -2.98. The van der Waals surface area contributed by atoms with Crippen LogP contribution >= 0.6 is 0 Å². The molecule has 0 fully saturated rings. The highest BCUT2D eigenvalue weighted by Crippen LogP contribution is 2.26. The number of hydrogen-bond donors (Lipinski definition) is 0. The van der Waals surface area contributed by atoms with Crippen LogP contribution < -0.4 is 0 Å². The summed E-state index contributed by atoms with van der Waals surface area (Å²) in [5.74, 6) is 0.274. The van der Waals surface area contributed by atoms with Gasteiger partial charge in [-0.15, -0.1) is 0 Å². The molecule has 0 aromatic heterocycles. The molecule has 1 aromatic carbocycles. The van der Waals surface area contributed by atoms with Crippen molar-refractivity contribution in [3.05, 3.63) is 35.4 Å². The number of aryl methyl sites for hydroxylation is 1. The molecule has 4 heteroatoms. The first-order valence-electron chi connectivity index (χ1n) is 6.86. The minimum Gasteiger partial charge on any atom is -0.294 e. The minimum atomic E-state index is -2.98. The summed E-state index contributed by atoms with van der Waals surface area (Å²) in [6, 6.07) is 7.69. The maximum Gasteiger partial charge on any atom is 0.166 e. The Morgan fingerprint density at radius 2 is 2.00 bits per heavy atom. The quantitative estimate of drug-likeness (QED) is 0.797. The van der Waals surface area contributed by atoms with Crippen LogP contribution in [-0.2, 0) is 16.3 Å². The zero-order valence-corrected chi connectivity index (χ0v) is 12.1. The van der Waals surface area contributed by atoms with E-state index in [0.29, 0.717) is 6.42 Å². The van der Waals surface area contributed by atoms with Gasteiger partial charge in [0.1, 0.15) is 9.84 Å². The van der Waals surface area contributed by atoms with E-state index in [2.05, 4.69) is 0 Å². The van der Waals surface area contributed by atoms with Gasteiger partial charge in [0.05, 0.1) is 5.75 Å². The van der Waals surface area contributed by atoms with E-state index in [1.807, 2.05) is 24.3 Å². The van der Waals surface area contributed by atoms with Gasteiger partial charge in [-0.2, -0.15) is 0 Å². The van der Waals surface area contributed by atoms with Crippen molar-refractivity contribution in [2.45, 2.75) is 32.6 Å². The molecule has 0 heterocycles. The van der Waals surface area contributed by atoms with Crippen LogP contribution in [0.25, 0.3) is 0 Å². The van der Waals surface area contributed by atoms with E-state index in [1.165, 1.54) is 0 Å². The van der Waals surface area contributed by atoms with Gasteiger partial charge in [-0.1, -0.05) is 31.2 Å². The van der Waals surface area contributed by atoms with Gasteiger partial charge in [0.15, 0.2) is 5.78 Å². The Kier molecular flexibility index (Phi) is 4.40. The second-order valence-corrected chi connectivity index (χ2v) is 7.61. The lowest BCUT2D eigenvalue weighted by Gasteiger charge is -2.13. The van der Waals surface area contributed by atoms with Crippen molar-refractivity contribution in [2.24, 2.45) is 5.92 Å². The monoisotopic (exact) mass is 280 g/mol. The van der Waals surface area contributed by atoms with Gasteiger partial charge in [-0.05, 0) is 31.2 Å². The highest BCUT2D eigenvalue weighted by Gasteiger charge is 2.26. The van der Waals surface area contributed by atoms with Crippen LogP contribution in [-0.4, -0.2) is 25.7 Å². The molecule has 0 N–H and O–H groups in total. The normalized spacial score (nSPS) is 19.8. The van der Waals surface area contributed by atoms with E-state index in [1.54, 1.807) is 6.92 Å². The Balaban J connectivity index is 2.14. The Morgan fingerprint density at radius 3 is 2.74 bits per heavy atom. The number of fused-ring (bicyclic) bond motifs is 1. The largest absolute Gasteiger partial charge is 0.294 e. The molecule has 0 spiro atoms. The molecule has 2 rings (SSSR count). The number of ketones is 1. The summed E-state index contributed by atoms with van der Waals surface area (Å²) in [5, 5.41) is 0. The van der Waals surface area contributed by atoms with E-state index < -0.39 is 9.84 Å². The van der Waals surface area contributed by atoms with E-state index in [-0.39, 0.29) is 23.2 Å². The third kappa shape index (κ3) is 3.44. The maximum atomic E-state index is 12.4. The summed E-state index contributed by atoms with van der Waals surface area (Å²) in [6.45, 7) is 1.65. The Hall–Kier alpha value is -1.16. The number of rotatable bonds is 4. The van der Waals surface area contributed by atoms with Crippen molar-refractivity contribution in [3.8, 4) is 0 Å². The molecular weight excluding hydrogens is 260 g/mol. The Bertz CT molecular complexity index is 561. The molecule has 0 saturated heterocycles. The topological polar surface area (TPSA) is 51.2 Å². The highest BCUT2D eigenvalue weighted by molar-refractivity contribution is 7.91. The molecule has 0 bridgehead atoms. The van der Waals surface area contributed by atoms with Gasteiger partial charge < -0.3 is 0 Å². The van der Waals surface area contributed by atoms with E-state index >= 15 is 0 Å². The van der Waals surface area contributed by atoms with Gasteiger partial charge in [0.25, 0.3) is 0 Å². The van der Waals surface area contributed by atoms with Gasteiger partial charge in [0, 0.05) is 17.2 Å². The van der Waals surface area contributed by atoms with Crippen LogP contribution in [0, 0.1) is 5.92 Å². The number of carbonyl (C=O) groups excluding carboxylic acids is 1. The zero-order valence-electron chi connectivity index (χ0n) is 11.3. The lowest BCUT2D eigenvalue weighted by molar-refractivity contribution is 0.0913. The first kappa shape index (κ1) is 14.3. The standard InChI is InChI=1S/C15H20O3S/c1-2-19(17,18)11-10-13-8-5-7-12-6-3-4-9-14(12)15(13)16/h3-4,6,9,13H,2,5,7-8,10-11H2,1H3. The van der Waals surface area contributed by atoms with Crippen LogP contribution in [0.4, 0.5) is 0 Å². The summed E-state index contributed by atoms with van der Waals surface area (Å²) in [5.41, 5.74) is 1.90. The van der Waals surface area contributed by atoms with Crippen molar-refractivity contribution in [1.29, 1.82) is 0 Å². The SMILES string of the molecule is CCS(=O)(=O)CCC1CCCc2ccccc2C1=O. The first-order chi connectivity index (χ1) is 9.03. The van der Waals surface area contributed by atoms with Crippen LogP contribution in [0.2, 0.25) is 0 Å². The summed E-state index contributed by atoms with van der Waals surface area (Å²) >= 11 is 0.